The predicted octanol–water partition coefficient (Wildman–Crippen LogP) is 2.17. The molecule has 28 heavy (non-hydrogen) atoms. The first-order valence-corrected chi connectivity index (χ1v) is 10.4. The Hall–Kier alpha value is -2.34. The number of pyridine rings is 1. The number of nitrogens with zero attached hydrogens (tertiary/aromatic N) is 4. The molecule has 4 aliphatic rings. The SMILES string of the molecule is CC1C=CC(CN2CCC(N3C[C@@H]4C[C@H]3CN4c3ccc(O)cn3)C2=O)=CC1. The summed E-state index contributed by atoms with van der Waals surface area (Å²) in [5.41, 5.74) is 1.28. The molecule has 4 heterocycles. The van der Waals surface area contributed by atoms with E-state index in [2.05, 4.69) is 39.9 Å². The Morgan fingerprint density at radius 2 is 2.14 bits per heavy atom. The maximum absolute atomic E-state index is 13.1. The van der Waals surface area contributed by atoms with Crippen molar-refractivity contribution in [1.29, 1.82) is 0 Å². The Morgan fingerprint density at radius 3 is 2.82 bits per heavy atom. The number of carbonyl (C=O) groups is 1. The van der Waals surface area contributed by atoms with E-state index in [-0.39, 0.29) is 11.8 Å². The van der Waals surface area contributed by atoms with Gasteiger partial charge in [0.15, 0.2) is 0 Å². The highest BCUT2D eigenvalue weighted by molar-refractivity contribution is 5.84. The Labute approximate surface area is 166 Å². The first-order valence-electron chi connectivity index (χ1n) is 10.4. The molecule has 3 saturated heterocycles. The van der Waals surface area contributed by atoms with Crippen LogP contribution in [0.5, 0.6) is 5.75 Å². The van der Waals surface area contributed by atoms with Gasteiger partial charge in [0, 0.05) is 38.3 Å². The van der Waals surface area contributed by atoms with Gasteiger partial charge in [-0.2, -0.15) is 0 Å². The van der Waals surface area contributed by atoms with Crippen LogP contribution < -0.4 is 4.90 Å². The topological polar surface area (TPSA) is 59.9 Å². The van der Waals surface area contributed by atoms with Crippen molar-refractivity contribution in [3.63, 3.8) is 0 Å². The zero-order valence-corrected chi connectivity index (χ0v) is 16.4. The molecule has 3 aliphatic heterocycles. The molecular weight excluding hydrogens is 352 g/mol. The van der Waals surface area contributed by atoms with Crippen molar-refractivity contribution in [2.24, 2.45) is 5.92 Å². The smallest absolute Gasteiger partial charge is 0.240 e. The van der Waals surface area contributed by atoms with Gasteiger partial charge >= 0.3 is 0 Å². The third kappa shape index (κ3) is 3.09. The van der Waals surface area contributed by atoms with Crippen molar-refractivity contribution < 1.29 is 9.90 Å². The van der Waals surface area contributed by atoms with E-state index in [0.717, 1.165) is 51.3 Å². The Balaban J connectivity index is 1.21. The maximum atomic E-state index is 13.1. The molecule has 1 aromatic rings. The van der Waals surface area contributed by atoms with Gasteiger partial charge in [-0.3, -0.25) is 9.69 Å². The number of piperazine rings is 1. The molecule has 0 aromatic carbocycles. The van der Waals surface area contributed by atoms with Crippen molar-refractivity contribution in [2.45, 2.75) is 44.3 Å². The van der Waals surface area contributed by atoms with Gasteiger partial charge in [-0.25, -0.2) is 4.98 Å². The summed E-state index contributed by atoms with van der Waals surface area (Å²) in [5.74, 6) is 2.03. The van der Waals surface area contributed by atoms with Crippen molar-refractivity contribution >= 4 is 11.7 Å². The highest BCUT2D eigenvalue weighted by Crippen LogP contribution is 2.37. The lowest BCUT2D eigenvalue weighted by atomic mass is 9.98. The first kappa shape index (κ1) is 17.7. The number of anilines is 1. The average molecular weight is 380 g/mol. The van der Waals surface area contributed by atoms with E-state index in [4.69, 9.17) is 0 Å². The summed E-state index contributed by atoms with van der Waals surface area (Å²) in [6, 6.07) is 4.45. The van der Waals surface area contributed by atoms with Gasteiger partial charge in [0.25, 0.3) is 0 Å². The van der Waals surface area contributed by atoms with Crippen LogP contribution in [0.4, 0.5) is 5.82 Å². The number of likely N-dealkylation sites (tertiary alicyclic amines) is 2. The summed E-state index contributed by atoms with van der Waals surface area (Å²) >= 11 is 0. The van der Waals surface area contributed by atoms with Crippen LogP contribution in [0.25, 0.3) is 0 Å². The molecule has 2 bridgehead atoms. The minimum Gasteiger partial charge on any atom is -0.506 e. The number of amides is 1. The van der Waals surface area contributed by atoms with Crippen LogP contribution in [-0.2, 0) is 4.79 Å². The second-order valence-electron chi connectivity index (χ2n) is 8.68. The number of hydrogen-bond donors (Lipinski definition) is 1. The molecular formula is C22H28N4O2. The fourth-order valence-corrected chi connectivity index (χ4v) is 5.20. The number of rotatable bonds is 4. The summed E-state index contributed by atoms with van der Waals surface area (Å²) in [6.07, 6.45) is 11.3. The molecule has 3 fully saturated rings. The largest absolute Gasteiger partial charge is 0.506 e. The third-order valence-corrected chi connectivity index (χ3v) is 6.74. The second-order valence-corrected chi connectivity index (χ2v) is 8.68. The Bertz CT molecular complexity index is 818. The quantitative estimate of drug-likeness (QED) is 0.868. The van der Waals surface area contributed by atoms with Gasteiger partial charge in [-0.15, -0.1) is 0 Å². The molecule has 6 nitrogen and oxygen atoms in total. The van der Waals surface area contributed by atoms with Crippen LogP contribution in [-0.4, -0.2) is 70.1 Å². The van der Waals surface area contributed by atoms with Gasteiger partial charge in [0.1, 0.15) is 11.6 Å². The minimum absolute atomic E-state index is 0.0389. The lowest BCUT2D eigenvalue weighted by Gasteiger charge is -2.37. The molecule has 1 aromatic heterocycles. The Kier molecular flexibility index (Phi) is 4.38. The highest BCUT2D eigenvalue weighted by atomic mass is 16.3. The molecule has 1 N–H and O–H groups in total. The fourth-order valence-electron chi connectivity index (χ4n) is 5.20. The van der Waals surface area contributed by atoms with Crippen molar-refractivity contribution in [3.8, 4) is 5.75 Å². The van der Waals surface area contributed by atoms with E-state index in [9.17, 15) is 9.90 Å². The monoisotopic (exact) mass is 380 g/mol. The number of aromatic hydroxyl groups is 1. The van der Waals surface area contributed by atoms with E-state index in [1.165, 1.54) is 11.8 Å². The lowest BCUT2D eigenvalue weighted by Crippen LogP contribution is -2.53. The van der Waals surface area contributed by atoms with E-state index in [0.29, 0.717) is 23.9 Å². The summed E-state index contributed by atoms with van der Waals surface area (Å²) < 4.78 is 0. The van der Waals surface area contributed by atoms with Gasteiger partial charge in [0.2, 0.25) is 5.91 Å². The zero-order chi connectivity index (χ0) is 19.3. The van der Waals surface area contributed by atoms with Crippen LogP contribution in [0.3, 0.4) is 0 Å². The van der Waals surface area contributed by atoms with Gasteiger partial charge in [-0.05, 0) is 42.9 Å². The summed E-state index contributed by atoms with van der Waals surface area (Å²) in [4.78, 5) is 24.3. The van der Waals surface area contributed by atoms with Gasteiger partial charge in [0.05, 0.1) is 12.2 Å². The molecule has 4 atom stereocenters. The minimum atomic E-state index is 0.0389. The fraction of sp³-hybridized carbons (Fsp3) is 0.545. The van der Waals surface area contributed by atoms with Crippen molar-refractivity contribution in [1.82, 2.24) is 14.8 Å². The van der Waals surface area contributed by atoms with Crippen LogP contribution >= 0.6 is 0 Å². The first-order chi connectivity index (χ1) is 13.6. The molecule has 5 rings (SSSR count). The highest BCUT2D eigenvalue weighted by Gasteiger charge is 2.49. The molecule has 2 unspecified atom stereocenters. The van der Waals surface area contributed by atoms with Gasteiger partial charge in [-0.1, -0.05) is 25.2 Å². The summed E-state index contributed by atoms with van der Waals surface area (Å²) in [5, 5.41) is 9.46. The van der Waals surface area contributed by atoms with Crippen LogP contribution in [0.15, 0.2) is 42.1 Å². The van der Waals surface area contributed by atoms with E-state index in [1.807, 2.05) is 11.0 Å². The molecule has 0 radical (unpaired) electrons. The number of hydrogen-bond acceptors (Lipinski definition) is 5. The number of carbonyl (C=O) groups excluding carboxylic acids is 1. The van der Waals surface area contributed by atoms with Crippen LogP contribution in [0.2, 0.25) is 0 Å². The molecule has 148 valence electrons. The molecule has 0 spiro atoms. The normalized spacial score (nSPS) is 32.5. The predicted molar refractivity (Wildman–Crippen MR) is 108 cm³/mol. The van der Waals surface area contributed by atoms with Crippen molar-refractivity contribution in [2.75, 3.05) is 31.1 Å². The van der Waals surface area contributed by atoms with Crippen LogP contribution in [0, 0.1) is 5.92 Å². The van der Waals surface area contributed by atoms with Gasteiger partial charge < -0.3 is 14.9 Å². The van der Waals surface area contributed by atoms with Crippen molar-refractivity contribution in [3.05, 3.63) is 42.1 Å². The van der Waals surface area contributed by atoms with E-state index >= 15 is 0 Å². The standard InChI is InChI=1S/C22H28N4O2/c1-15-2-4-16(5-3-15)12-24-9-8-20(22(24)28)25-13-18-10-17(25)14-26(18)21-7-6-19(27)11-23-21/h2,4-7,11,15,17-18,20,27H,3,8-10,12-14H2,1H3/t15?,17-,18-,20?/m0/s1. The maximum Gasteiger partial charge on any atom is 0.240 e. The summed E-state index contributed by atoms with van der Waals surface area (Å²) in [7, 11) is 0. The number of allylic oxidation sites excluding steroid dienone is 2. The third-order valence-electron chi connectivity index (χ3n) is 6.74. The number of fused-ring (bicyclic) bond motifs is 2. The second kappa shape index (κ2) is 6.92. The van der Waals surface area contributed by atoms with E-state index in [1.54, 1.807) is 6.07 Å². The molecule has 1 amide bonds. The number of aromatic nitrogens is 1. The average Bonchev–Trinajstić information content (AvgIpc) is 3.39. The Morgan fingerprint density at radius 1 is 1.25 bits per heavy atom. The zero-order valence-electron chi connectivity index (χ0n) is 16.4. The molecule has 1 aliphatic carbocycles. The lowest BCUT2D eigenvalue weighted by molar-refractivity contribution is -0.132. The van der Waals surface area contributed by atoms with Crippen LogP contribution in [0.1, 0.15) is 26.2 Å². The molecule has 6 heteroatoms. The van der Waals surface area contributed by atoms with E-state index < -0.39 is 0 Å². The molecule has 0 saturated carbocycles. The summed E-state index contributed by atoms with van der Waals surface area (Å²) in [6.45, 7) is 5.68.